The zero-order valence-corrected chi connectivity index (χ0v) is 18.1. The van der Waals surface area contributed by atoms with Crippen LogP contribution in [0.3, 0.4) is 0 Å². The summed E-state index contributed by atoms with van der Waals surface area (Å²) in [5.41, 5.74) is 1.42. The summed E-state index contributed by atoms with van der Waals surface area (Å²) in [6.07, 6.45) is 9.71. The van der Waals surface area contributed by atoms with Crippen LogP contribution in [-0.4, -0.2) is 25.5 Å². The van der Waals surface area contributed by atoms with Gasteiger partial charge in [-0.3, -0.25) is 4.98 Å². The van der Waals surface area contributed by atoms with Crippen molar-refractivity contribution in [3.05, 3.63) is 54.4 Å². The number of nitrogens with zero attached hydrogens (tertiary/aromatic N) is 1. The molecule has 0 aliphatic heterocycles. The topological polar surface area (TPSA) is 100 Å². The summed E-state index contributed by atoms with van der Waals surface area (Å²) in [7, 11) is -3.57. The second-order valence-corrected chi connectivity index (χ2v) is 9.53. The molecule has 1 aliphatic carbocycles. The number of carbonyl (C=O) groups excluding carboxylic acids is 1. The predicted molar refractivity (Wildman–Crippen MR) is 118 cm³/mol. The van der Waals surface area contributed by atoms with Gasteiger partial charge in [-0.1, -0.05) is 25.8 Å². The third-order valence-corrected chi connectivity index (χ3v) is 7.00. The number of aromatic nitrogens is 1. The van der Waals surface area contributed by atoms with Gasteiger partial charge < -0.3 is 10.6 Å². The highest BCUT2D eigenvalue weighted by Gasteiger charge is 2.25. The van der Waals surface area contributed by atoms with Crippen LogP contribution < -0.4 is 15.4 Å². The van der Waals surface area contributed by atoms with Crippen LogP contribution in [0, 0.1) is 5.92 Å². The number of sulfonamides is 1. The van der Waals surface area contributed by atoms with Crippen LogP contribution in [-0.2, 0) is 16.6 Å². The first-order valence-corrected chi connectivity index (χ1v) is 12.0. The SMILES string of the molecule is CCCC1CCC(NS(=O)(=O)c2ccc(NC(=O)NCc3cccnc3)cc2)CC1. The molecule has 1 aliphatic rings. The quantitative estimate of drug-likeness (QED) is 0.588. The summed E-state index contributed by atoms with van der Waals surface area (Å²) < 4.78 is 28.2. The summed E-state index contributed by atoms with van der Waals surface area (Å²) in [6.45, 7) is 2.55. The minimum Gasteiger partial charge on any atom is -0.334 e. The van der Waals surface area contributed by atoms with Gasteiger partial charge in [0.1, 0.15) is 0 Å². The standard InChI is InChI=1S/C22H30N4O3S/c1-2-4-17-6-8-20(9-7-17)26-30(28,29)21-12-10-19(11-13-21)25-22(27)24-16-18-5-3-14-23-15-18/h3,5,10-15,17,20,26H,2,4,6-9,16H2,1H3,(H2,24,25,27). The van der Waals surface area contributed by atoms with Crippen molar-refractivity contribution in [3.63, 3.8) is 0 Å². The first-order chi connectivity index (χ1) is 14.5. The Morgan fingerprint density at radius 1 is 1.10 bits per heavy atom. The van der Waals surface area contributed by atoms with Gasteiger partial charge >= 0.3 is 6.03 Å². The van der Waals surface area contributed by atoms with E-state index in [1.807, 2.05) is 6.07 Å². The molecule has 1 saturated carbocycles. The van der Waals surface area contributed by atoms with Gasteiger partial charge in [-0.05, 0) is 67.5 Å². The van der Waals surface area contributed by atoms with Crippen molar-refractivity contribution in [1.82, 2.24) is 15.0 Å². The number of nitrogens with one attached hydrogen (secondary N) is 3. The number of carbonyl (C=O) groups is 1. The molecule has 0 atom stereocenters. The Morgan fingerprint density at radius 3 is 2.47 bits per heavy atom. The average Bonchev–Trinajstić information content (AvgIpc) is 2.75. The smallest absolute Gasteiger partial charge is 0.319 e. The second-order valence-electron chi connectivity index (χ2n) is 7.82. The first-order valence-electron chi connectivity index (χ1n) is 10.5. The molecule has 1 fully saturated rings. The third-order valence-electron chi connectivity index (χ3n) is 5.46. The largest absolute Gasteiger partial charge is 0.334 e. The van der Waals surface area contributed by atoms with Gasteiger partial charge in [0.25, 0.3) is 0 Å². The zero-order valence-electron chi connectivity index (χ0n) is 17.3. The number of pyridine rings is 1. The lowest BCUT2D eigenvalue weighted by Crippen LogP contribution is -2.37. The van der Waals surface area contributed by atoms with Gasteiger partial charge in [-0.25, -0.2) is 17.9 Å². The molecular formula is C22H30N4O3S. The van der Waals surface area contributed by atoms with Crippen molar-refractivity contribution in [1.29, 1.82) is 0 Å². The summed E-state index contributed by atoms with van der Waals surface area (Å²) >= 11 is 0. The van der Waals surface area contributed by atoms with Crippen LogP contribution in [0.4, 0.5) is 10.5 Å². The van der Waals surface area contributed by atoms with Gasteiger partial charge in [0.2, 0.25) is 10.0 Å². The summed E-state index contributed by atoms with van der Waals surface area (Å²) in [6, 6.07) is 9.53. The number of urea groups is 1. The maximum Gasteiger partial charge on any atom is 0.319 e. The van der Waals surface area contributed by atoms with Crippen molar-refractivity contribution < 1.29 is 13.2 Å². The number of hydrogen-bond acceptors (Lipinski definition) is 4. The monoisotopic (exact) mass is 430 g/mol. The highest BCUT2D eigenvalue weighted by molar-refractivity contribution is 7.89. The van der Waals surface area contributed by atoms with E-state index in [1.54, 1.807) is 30.6 Å². The molecule has 162 valence electrons. The molecule has 0 unspecified atom stereocenters. The number of amides is 2. The molecule has 8 heteroatoms. The highest BCUT2D eigenvalue weighted by Crippen LogP contribution is 2.28. The predicted octanol–water partition coefficient (Wildman–Crippen LogP) is 4.04. The Balaban J connectivity index is 1.49. The van der Waals surface area contributed by atoms with E-state index in [9.17, 15) is 13.2 Å². The number of hydrogen-bond donors (Lipinski definition) is 3. The zero-order chi connectivity index (χ0) is 21.4. The second kappa shape index (κ2) is 10.5. The maximum absolute atomic E-state index is 12.7. The fourth-order valence-electron chi connectivity index (χ4n) is 3.84. The Hall–Kier alpha value is -2.45. The number of anilines is 1. The van der Waals surface area contributed by atoms with E-state index in [4.69, 9.17) is 0 Å². The Kier molecular flexibility index (Phi) is 7.81. The fourth-order valence-corrected chi connectivity index (χ4v) is 5.15. The lowest BCUT2D eigenvalue weighted by molar-refractivity contribution is 0.251. The molecular weight excluding hydrogens is 400 g/mol. The molecule has 1 aromatic heterocycles. The molecule has 0 spiro atoms. The van der Waals surface area contributed by atoms with Crippen LogP contribution in [0.2, 0.25) is 0 Å². The highest BCUT2D eigenvalue weighted by atomic mass is 32.2. The normalized spacial score (nSPS) is 19.2. The van der Waals surface area contributed by atoms with Gasteiger partial charge in [-0.15, -0.1) is 0 Å². The molecule has 2 amide bonds. The van der Waals surface area contributed by atoms with E-state index >= 15 is 0 Å². The van der Waals surface area contributed by atoms with E-state index < -0.39 is 10.0 Å². The van der Waals surface area contributed by atoms with Crippen molar-refractivity contribution in [2.75, 3.05) is 5.32 Å². The van der Waals surface area contributed by atoms with Gasteiger partial charge in [-0.2, -0.15) is 0 Å². The minimum atomic E-state index is -3.57. The number of benzene rings is 1. The van der Waals surface area contributed by atoms with Crippen molar-refractivity contribution in [3.8, 4) is 0 Å². The molecule has 1 aromatic carbocycles. The first kappa shape index (κ1) is 22.2. The maximum atomic E-state index is 12.7. The van der Waals surface area contributed by atoms with Crippen LogP contribution in [0.15, 0.2) is 53.7 Å². The summed E-state index contributed by atoms with van der Waals surface area (Å²) in [5, 5.41) is 5.44. The molecule has 30 heavy (non-hydrogen) atoms. The van der Waals surface area contributed by atoms with E-state index in [0.29, 0.717) is 12.2 Å². The summed E-state index contributed by atoms with van der Waals surface area (Å²) in [4.78, 5) is 16.2. The van der Waals surface area contributed by atoms with Crippen LogP contribution in [0.5, 0.6) is 0 Å². The molecule has 0 radical (unpaired) electrons. The Bertz CT molecular complexity index is 909. The van der Waals surface area contributed by atoms with Crippen molar-refractivity contribution >= 4 is 21.7 Å². The van der Waals surface area contributed by atoms with Crippen molar-refractivity contribution in [2.24, 2.45) is 5.92 Å². The molecule has 1 heterocycles. The van der Waals surface area contributed by atoms with E-state index in [1.165, 1.54) is 25.0 Å². The molecule has 0 bridgehead atoms. The third kappa shape index (κ3) is 6.53. The van der Waals surface area contributed by atoms with Crippen molar-refractivity contribution in [2.45, 2.75) is 62.9 Å². The van der Waals surface area contributed by atoms with Crippen LogP contribution in [0.25, 0.3) is 0 Å². The molecule has 3 N–H and O–H groups in total. The van der Waals surface area contributed by atoms with Gasteiger partial charge in [0.15, 0.2) is 0 Å². The van der Waals surface area contributed by atoms with Gasteiger partial charge in [0.05, 0.1) is 4.90 Å². The average molecular weight is 431 g/mol. The lowest BCUT2D eigenvalue weighted by Gasteiger charge is -2.28. The minimum absolute atomic E-state index is 0.000776. The van der Waals surface area contributed by atoms with Crippen LogP contribution >= 0.6 is 0 Å². The van der Waals surface area contributed by atoms with E-state index in [-0.39, 0.29) is 17.0 Å². The molecule has 2 aromatic rings. The Morgan fingerprint density at radius 2 is 1.83 bits per heavy atom. The van der Waals surface area contributed by atoms with Crippen LogP contribution in [0.1, 0.15) is 51.0 Å². The molecule has 0 saturated heterocycles. The number of rotatable bonds is 8. The summed E-state index contributed by atoms with van der Waals surface area (Å²) in [5.74, 6) is 0.727. The lowest BCUT2D eigenvalue weighted by atomic mass is 9.84. The van der Waals surface area contributed by atoms with Gasteiger partial charge in [0, 0.05) is 30.7 Å². The van der Waals surface area contributed by atoms with E-state index in [2.05, 4.69) is 27.3 Å². The molecule has 3 rings (SSSR count). The van der Waals surface area contributed by atoms with E-state index in [0.717, 1.165) is 37.2 Å². The Labute approximate surface area is 178 Å². The molecule has 7 nitrogen and oxygen atoms in total. The fraction of sp³-hybridized carbons (Fsp3) is 0.455.